The number of hydrogen-bond acceptors (Lipinski definition) is 4. The normalized spacial score (nSPS) is 23.2. The first-order chi connectivity index (χ1) is 9.70. The molecule has 0 aliphatic carbocycles. The Morgan fingerprint density at radius 1 is 1.43 bits per heavy atom. The highest BCUT2D eigenvalue weighted by Gasteiger charge is 2.34. The van der Waals surface area contributed by atoms with Crippen LogP contribution >= 0.6 is 0 Å². The van der Waals surface area contributed by atoms with E-state index in [1.807, 2.05) is 6.92 Å². The molecule has 0 saturated carbocycles. The molecule has 0 spiro atoms. The number of hydrogen-bond donors (Lipinski definition) is 1. The average molecular weight is 303 g/mol. The van der Waals surface area contributed by atoms with Crippen LogP contribution in [0.1, 0.15) is 18.9 Å². The number of anilines is 1. The van der Waals surface area contributed by atoms with Crippen molar-refractivity contribution in [3.63, 3.8) is 0 Å². The van der Waals surface area contributed by atoms with Crippen LogP contribution in [-0.2, 0) is 6.18 Å². The maximum Gasteiger partial charge on any atom is 0.416 e. The molecule has 2 atom stereocenters. The number of nitro benzene ring substituents is 1. The van der Waals surface area contributed by atoms with E-state index >= 15 is 0 Å². The molecular weight excluding hydrogens is 287 g/mol. The smallest absolute Gasteiger partial charge is 0.364 e. The van der Waals surface area contributed by atoms with Gasteiger partial charge < -0.3 is 10.6 Å². The van der Waals surface area contributed by atoms with Crippen molar-refractivity contribution in [3.05, 3.63) is 33.9 Å². The van der Waals surface area contributed by atoms with Gasteiger partial charge in [-0.15, -0.1) is 0 Å². The minimum atomic E-state index is -4.60. The van der Waals surface area contributed by atoms with E-state index in [-0.39, 0.29) is 17.6 Å². The zero-order valence-electron chi connectivity index (χ0n) is 11.4. The van der Waals surface area contributed by atoms with Crippen LogP contribution in [0, 0.1) is 16.0 Å². The van der Waals surface area contributed by atoms with Crippen LogP contribution in [-0.4, -0.2) is 24.1 Å². The summed E-state index contributed by atoms with van der Waals surface area (Å²) in [6.07, 6.45) is -3.85. The van der Waals surface area contributed by atoms with Gasteiger partial charge in [-0.1, -0.05) is 6.92 Å². The summed E-state index contributed by atoms with van der Waals surface area (Å²) in [5, 5.41) is 11.1. The second-order valence-electron chi connectivity index (χ2n) is 5.33. The second kappa shape index (κ2) is 5.51. The first-order valence-electron chi connectivity index (χ1n) is 6.56. The maximum absolute atomic E-state index is 12.7. The van der Waals surface area contributed by atoms with E-state index in [9.17, 15) is 23.3 Å². The van der Waals surface area contributed by atoms with E-state index in [4.69, 9.17) is 5.73 Å². The van der Waals surface area contributed by atoms with E-state index in [1.165, 1.54) is 0 Å². The van der Waals surface area contributed by atoms with Crippen LogP contribution in [0.3, 0.4) is 0 Å². The standard InChI is InChI=1S/C13H16F3N3O2/c1-8-4-5-18(7-10(8)17)11-3-2-9(13(14,15)16)6-12(11)19(20)21/h2-3,6,8,10H,4-5,7,17H2,1H3. The molecule has 0 amide bonds. The van der Waals surface area contributed by atoms with E-state index < -0.39 is 22.4 Å². The Morgan fingerprint density at radius 2 is 2.10 bits per heavy atom. The summed E-state index contributed by atoms with van der Waals surface area (Å²) in [6.45, 7) is 2.93. The summed E-state index contributed by atoms with van der Waals surface area (Å²) in [4.78, 5) is 12.0. The molecule has 1 fully saturated rings. The molecule has 1 heterocycles. The molecule has 0 aromatic heterocycles. The first kappa shape index (κ1) is 15.6. The number of piperidine rings is 1. The average Bonchev–Trinajstić information content (AvgIpc) is 2.40. The summed E-state index contributed by atoms with van der Waals surface area (Å²) in [6, 6.07) is 2.45. The minimum absolute atomic E-state index is 0.152. The molecule has 1 saturated heterocycles. The minimum Gasteiger partial charge on any atom is -0.364 e. The summed E-state index contributed by atoms with van der Waals surface area (Å²) in [7, 11) is 0. The van der Waals surface area contributed by atoms with Gasteiger partial charge in [0.25, 0.3) is 5.69 Å². The lowest BCUT2D eigenvalue weighted by atomic mass is 9.93. The Balaban J connectivity index is 2.38. The highest BCUT2D eigenvalue weighted by atomic mass is 19.4. The number of benzene rings is 1. The van der Waals surface area contributed by atoms with Crippen molar-refractivity contribution in [2.24, 2.45) is 11.7 Å². The van der Waals surface area contributed by atoms with Crippen LogP contribution in [0.2, 0.25) is 0 Å². The van der Waals surface area contributed by atoms with Gasteiger partial charge in [-0.05, 0) is 24.5 Å². The van der Waals surface area contributed by atoms with E-state index in [1.54, 1.807) is 4.90 Å². The van der Waals surface area contributed by atoms with Gasteiger partial charge in [0, 0.05) is 25.2 Å². The predicted molar refractivity (Wildman–Crippen MR) is 72.1 cm³/mol. The molecule has 1 aliphatic heterocycles. The SMILES string of the molecule is CC1CCN(c2ccc(C(F)(F)F)cc2[N+](=O)[O-])CC1N. The van der Waals surface area contributed by atoms with Gasteiger partial charge in [-0.3, -0.25) is 10.1 Å². The predicted octanol–water partition coefficient (Wildman–Crippen LogP) is 2.79. The van der Waals surface area contributed by atoms with E-state index in [2.05, 4.69) is 0 Å². The number of nitro groups is 1. The van der Waals surface area contributed by atoms with E-state index in [0.29, 0.717) is 19.2 Å². The molecule has 2 rings (SSSR count). The van der Waals surface area contributed by atoms with Crippen LogP contribution < -0.4 is 10.6 Å². The number of halogens is 3. The van der Waals surface area contributed by atoms with Crippen molar-refractivity contribution < 1.29 is 18.1 Å². The number of alkyl halides is 3. The maximum atomic E-state index is 12.7. The lowest BCUT2D eigenvalue weighted by Crippen LogP contribution is -2.47. The Hall–Kier alpha value is -1.83. The monoisotopic (exact) mass is 303 g/mol. The number of rotatable bonds is 2. The summed E-state index contributed by atoms with van der Waals surface area (Å²) < 4.78 is 38.0. The molecule has 0 bridgehead atoms. The lowest BCUT2D eigenvalue weighted by molar-refractivity contribution is -0.384. The van der Waals surface area contributed by atoms with Crippen molar-refractivity contribution >= 4 is 11.4 Å². The molecule has 116 valence electrons. The fourth-order valence-electron chi connectivity index (χ4n) is 2.43. The Bertz CT molecular complexity index is 548. The molecule has 0 radical (unpaired) electrons. The third-order valence-electron chi connectivity index (χ3n) is 3.86. The van der Waals surface area contributed by atoms with Gasteiger partial charge in [0.2, 0.25) is 0 Å². The third kappa shape index (κ3) is 3.26. The first-order valence-corrected chi connectivity index (χ1v) is 6.56. The Labute approximate surface area is 119 Å². The molecular formula is C13H16F3N3O2. The Morgan fingerprint density at radius 3 is 2.62 bits per heavy atom. The second-order valence-corrected chi connectivity index (χ2v) is 5.33. The fourth-order valence-corrected chi connectivity index (χ4v) is 2.43. The summed E-state index contributed by atoms with van der Waals surface area (Å²) in [5.41, 5.74) is 4.57. The van der Waals surface area contributed by atoms with Gasteiger partial charge in [0.05, 0.1) is 10.5 Å². The fraction of sp³-hybridized carbons (Fsp3) is 0.538. The molecule has 1 aliphatic rings. The van der Waals surface area contributed by atoms with Gasteiger partial charge in [0.1, 0.15) is 5.69 Å². The van der Waals surface area contributed by atoms with E-state index in [0.717, 1.165) is 18.6 Å². The van der Waals surface area contributed by atoms with Crippen molar-refractivity contribution in [3.8, 4) is 0 Å². The number of nitrogens with zero attached hydrogens (tertiary/aromatic N) is 2. The van der Waals surface area contributed by atoms with Crippen molar-refractivity contribution in [2.75, 3.05) is 18.0 Å². The van der Waals surface area contributed by atoms with Crippen molar-refractivity contribution in [2.45, 2.75) is 25.6 Å². The van der Waals surface area contributed by atoms with Gasteiger partial charge in [-0.2, -0.15) is 13.2 Å². The van der Waals surface area contributed by atoms with Gasteiger partial charge in [0.15, 0.2) is 0 Å². The molecule has 2 unspecified atom stereocenters. The molecule has 21 heavy (non-hydrogen) atoms. The highest BCUT2D eigenvalue weighted by Crippen LogP contribution is 2.37. The molecule has 2 N–H and O–H groups in total. The zero-order chi connectivity index (χ0) is 15.8. The zero-order valence-corrected chi connectivity index (χ0v) is 11.4. The largest absolute Gasteiger partial charge is 0.416 e. The third-order valence-corrected chi connectivity index (χ3v) is 3.86. The van der Waals surface area contributed by atoms with Crippen LogP contribution in [0.15, 0.2) is 18.2 Å². The van der Waals surface area contributed by atoms with Crippen molar-refractivity contribution in [1.82, 2.24) is 0 Å². The van der Waals surface area contributed by atoms with Crippen molar-refractivity contribution in [1.29, 1.82) is 0 Å². The molecule has 5 nitrogen and oxygen atoms in total. The molecule has 8 heteroatoms. The quantitative estimate of drug-likeness (QED) is 0.673. The van der Waals surface area contributed by atoms with Gasteiger partial charge >= 0.3 is 6.18 Å². The summed E-state index contributed by atoms with van der Waals surface area (Å²) in [5.74, 6) is 0.287. The molecule has 1 aromatic rings. The molecule has 1 aromatic carbocycles. The highest BCUT2D eigenvalue weighted by molar-refractivity contribution is 5.65. The Kier molecular flexibility index (Phi) is 4.08. The summed E-state index contributed by atoms with van der Waals surface area (Å²) >= 11 is 0. The lowest BCUT2D eigenvalue weighted by Gasteiger charge is -2.36. The van der Waals surface area contributed by atoms with Crippen LogP contribution in [0.25, 0.3) is 0 Å². The topological polar surface area (TPSA) is 72.4 Å². The number of nitrogens with two attached hydrogens (primary N) is 1. The van der Waals surface area contributed by atoms with Crippen LogP contribution in [0.4, 0.5) is 24.5 Å². The van der Waals surface area contributed by atoms with Crippen LogP contribution in [0.5, 0.6) is 0 Å². The van der Waals surface area contributed by atoms with Gasteiger partial charge in [-0.25, -0.2) is 0 Å².